The Kier molecular flexibility index (Phi) is 8.89. The van der Waals surface area contributed by atoms with E-state index < -0.39 is 10.4 Å². The highest BCUT2D eigenvalue weighted by Crippen LogP contribution is 2.14. The number of hydrogen-bond donors (Lipinski definition) is 1. The average molecular weight is 252 g/mol. The standard InChI is InChI=1S/C11H24O4S/c1-3-4-5-6-7-8-11(2)9-10-15-16(12,13)14/h11H,3-10H2,1-2H3,(H,12,13,14). The molecule has 0 aromatic heterocycles. The van der Waals surface area contributed by atoms with Crippen molar-refractivity contribution in [3.63, 3.8) is 0 Å². The molecule has 0 spiro atoms. The Bertz CT molecular complexity index is 249. The van der Waals surface area contributed by atoms with Gasteiger partial charge in [-0.1, -0.05) is 52.4 Å². The molecule has 0 aliphatic carbocycles. The molecule has 0 saturated heterocycles. The lowest BCUT2D eigenvalue weighted by Gasteiger charge is -2.10. The maximum Gasteiger partial charge on any atom is 0.397 e. The molecule has 0 aliphatic heterocycles. The van der Waals surface area contributed by atoms with Gasteiger partial charge in [0.25, 0.3) is 0 Å². The molecule has 5 heteroatoms. The number of rotatable bonds is 10. The molecule has 0 bridgehead atoms. The van der Waals surface area contributed by atoms with Crippen molar-refractivity contribution >= 4 is 10.4 Å². The normalized spacial score (nSPS) is 13.9. The molecule has 0 saturated carbocycles. The molecule has 16 heavy (non-hydrogen) atoms. The summed E-state index contributed by atoms with van der Waals surface area (Å²) in [5.74, 6) is 0.448. The second-order valence-electron chi connectivity index (χ2n) is 4.35. The van der Waals surface area contributed by atoms with Crippen LogP contribution >= 0.6 is 0 Å². The molecule has 0 aliphatic rings. The molecule has 0 amide bonds. The van der Waals surface area contributed by atoms with Crippen LogP contribution in [-0.2, 0) is 14.6 Å². The van der Waals surface area contributed by atoms with Crippen LogP contribution in [0.15, 0.2) is 0 Å². The van der Waals surface area contributed by atoms with Crippen LogP contribution in [0.25, 0.3) is 0 Å². The summed E-state index contributed by atoms with van der Waals surface area (Å²) in [7, 11) is -4.25. The fraction of sp³-hybridized carbons (Fsp3) is 1.00. The smallest absolute Gasteiger partial charge is 0.264 e. The molecule has 98 valence electrons. The van der Waals surface area contributed by atoms with E-state index in [4.69, 9.17) is 4.55 Å². The predicted octanol–water partition coefficient (Wildman–Crippen LogP) is 3.19. The van der Waals surface area contributed by atoms with Gasteiger partial charge >= 0.3 is 10.4 Å². The van der Waals surface area contributed by atoms with Gasteiger partial charge in [0.1, 0.15) is 0 Å². The van der Waals surface area contributed by atoms with Crippen LogP contribution in [0.4, 0.5) is 0 Å². The molecule has 1 N–H and O–H groups in total. The van der Waals surface area contributed by atoms with Crippen LogP contribution in [0.1, 0.15) is 58.8 Å². The van der Waals surface area contributed by atoms with Crippen LogP contribution in [0, 0.1) is 5.92 Å². The average Bonchev–Trinajstić information content (AvgIpc) is 2.15. The Labute approximate surface area is 99.3 Å². The predicted molar refractivity (Wildman–Crippen MR) is 64.7 cm³/mol. The third-order valence-corrected chi connectivity index (χ3v) is 3.11. The zero-order valence-corrected chi connectivity index (χ0v) is 11.1. The lowest BCUT2D eigenvalue weighted by Crippen LogP contribution is -2.08. The molecular formula is C11H24O4S. The van der Waals surface area contributed by atoms with Crippen LogP contribution in [0.2, 0.25) is 0 Å². The summed E-state index contributed by atoms with van der Waals surface area (Å²) < 4.78 is 33.2. The highest BCUT2D eigenvalue weighted by Gasteiger charge is 2.07. The van der Waals surface area contributed by atoms with Gasteiger partial charge in [-0.3, -0.25) is 4.55 Å². The van der Waals surface area contributed by atoms with Gasteiger partial charge in [-0.15, -0.1) is 0 Å². The van der Waals surface area contributed by atoms with Gasteiger partial charge in [-0.2, -0.15) is 8.42 Å². The molecule has 0 rings (SSSR count). The van der Waals surface area contributed by atoms with Crippen molar-refractivity contribution in [1.29, 1.82) is 0 Å². The van der Waals surface area contributed by atoms with Gasteiger partial charge in [-0.25, -0.2) is 4.18 Å². The second-order valence-corrected chi connectivity index (χ2v) is 5.44. The summed E-state index contributed by atoms with van der Waals surface area (Å²) in [4.78, 5) is 0. The topological polar surface area (TPSA) is 63.6 Å². The Morgan fingerprint density at radius 2 is 1.75 bits per heavy atom. The van der Waals surface area contributed by atoms with E-state index in [2.05, 4.69) is 18.0 Å². The zero-order chi connectivity index (χ0) is 12.4. The van der Waals surface area contributed by atoms with E-state index in [-0.39, 0.29) is 6.61 Å². The fourth-order valence-corrected chi connectivity index (χ4v) is 1.90. The van der Waals surface area contributed by atoms with E-state index >= 15 is 0 Å². The maximum absolute atomic E-state index is 10.3. The minimum atomic E-state index is -4.25. The third kappa shape index (κ3) is 11.9. The monoisotopic (exact) mass is 252 g/mol. The van der Waals surface area contributed by atoms with Crippen molar-refractivity contribution < 1.29 is 17.2 Å². The molecule has 0 aromatic rings. The van der Waals surface area contributed by atoms with Crippen molar-refractivity contribution in [2.75, 3.05) is 6.61 Å². The lowest BCUT2D eigenvalue weighted by molar-refractivity contribution is 0.245. The zero-order valence-electron chi connectivity index (χ0n) is 10.3. The molecule has 1 atom stereocenters. The third-order valence-electron chi connectivity index (χ3n) is 2.64. The highest BCUT2D eigenvalue weighted by molar-refractivity contribution is 7.80. The van der Waals surface area contributed by atoms with Gasteiger partial charge in [0, 0.05) is 0 Å². The van der Waals surface area contributed by atoms with Gasteiger partial charge < -0.3 is 0 Å². The second kappa shape index (κ2) is 8.96. The molecule has 0 fully saturated rings. The first kappa shape index (κ1) is 15.9. The van der Waals surface area contributed by atoms with Crippen LogP contribution in [0.5, 0.6) is 0 Å². The van der Waals surface area contributed by atoms with Crippen LogP contribution < -0.4 is 0 Å². The van der Waals surface area contributed by atoms with Crippen LogP contribution in [0.3, 0.4) is 0 Å². The van der Waals surface area contributed by atoms with E-state index in [1.165, 1.54) is 32.1 Å². The summed E-state index contributed by atoms with van der Waals surface area (Å²) >= 11 is 0. The summed E-state index contributed by atoms with van der Waals surface area (Å²) in [5, 5.41) is 0. The SMILES string of the molecule is CCCCCCCC(C)CCOS(=O)(=O)O. The molecule has 4 nitrogen and oxygen atoms in total. The minimum absolute atomic E-state index is 0.0783. The Balaban J connectivity index is 3.34. The number of hydrogen-bond acceptors (Lipinski definition) is 3. The molecule has 0 heterocycles. The summed E-state index contributed by atoms with van der Waals surface area (Å²) in [6.07, 6.45) is 8.03. The summed E-state index contributed by atoms with van der Waals surface area (Å²) in [6.45, 7) is 4.34. The van der Waals surface area contributed by atoms with Crippen molar-refractivity contribution in [1.82, 2.24) is 0 Å². The quantitative estimate of drug-likeness (QED) is 0.479. The first-order valence-corrected chi connectivity index (χ1v) is 7.44. The van der Waals surface area contributed by atoms with E-state index in [1.807, 2.05) is 0 Å². The summed E-state index contributed by atoms with van der Waals surface area (Å²) in [5.41, 5.74) is 0. The Morgan fingerprint density at radius 3 is 2.31 bits per heavy atom. The molecular weight excluding hydrogens is 228 g/mol. The van der Waals surface area contributed by atoms with Crippen molar-refractivity contribution in [2.24, 2.45) is 5.92 Å². The summed E-state index contributed by atoms with van der Waals surface area (Å²) in [6, 6.07) is 0. The molecule has 1 unspecified atom stereocenters. The maximum atomic E-state index is 10.3. The Hall–Kier alpha value is -0.130. The first-order valence-electron chi connectivity index (χ1n) is 6.07. The molecule has 0 aromatic carbocycles. The largest absolute Gasteiger partial charge is 0.397 e. The highest BCUT2D eigenvalue weighted by atomic mass is 32.3. The van der Waals surface area contributed by atoms with Crippen molar-refractivity contribution in [3.05, 3.63) is 0 Å². The molecule has 0 radical (unpaired) electrons. The van der Waals surface area contributed by atoms with Crippen molar-refractivity contribution in [2.45, 2.75) is 58.8 Å². The Morgan fingerprint density at radius 1 is 1.12 bits per heavy atom. The van der Waals surface area contributed by atoms with Crippen molar-refractivity contribution in [3.8, 4) is 0 Å². The number of unbranched alkanes of at least 4 members (excludes halogenated alkanes) is 4. The van der Waals surface area contributed by atoms with Gasteiger partial charge in [0.2, 0.25) is 0 Å². The van der Waals surface area contributed by atoms with E-state index in [1.54, 1.807) is 0 Å². The first-order chi connectivity index (χ1) is 7.45. The minimum Gasteiger partial charge on any atom is -0.264 e. The van der Waals surface area contributed by atoms with Gasteiger partial charge in [0.15, 0.2) is 0 Å². The van der Waals surface area contributed by atoms with Gasteiger partial charge in [0.05, 0.1) is 6.61 Å². The van der Waals surface area contributed by atoms with Gasteiger partial charge in [-0.05, 0) is 12.3 Å². The lowest BCUT2D eigenvalue weighted by atomic mass is 10.00. The fourth-order valence-electron chi connectivity index (χ4n) is 1.60. The van der Waals surface area contributed by atoms with E-state index in [9.17, 15) is 8.42 Å². The van der Waals surface area contributed by atoms with E-state index in [0.29, 0.717) is 12.3 Å². The van der Waals surface area contributed by atoms with Crippen LogP contribution in [-0.4, -0.2) is 19.6 Å². The van der Waals surface area contributed by atoms with E-state index in [0.717, 1.165) is 6.42 Å².